The summed E-state index contributed by atoms with van der Waals surface area (Å²) >= 11 is 0. The molecule has 1 aliphatic rings. The number of H-pyrrole nitrogens is 1. The molecule has 0 atom stereocenters. The predicted octanol–water partition coefficient (Wildman–Crippen LogP) is 4.65. The van der Waals surface area contributed by atoms with Crippen molar-refractivity contribution in [2.45, 2.75) is 38.0 Å². The molecule has 5 heteroatoms. The average Bonchev–Trinajstić information content (AvgIpc) is 3.40. The van der Waals surface area contributed by atoms with Gasteiger partial charge in [-0.05, 0) is 68.5 Å². The molecule has 0 bridgehead atoms. The van der Waals surface area contributed by atoms with Gasteiger partial charge in [-0.15, -0.1) is 0 Å². The number of nitrogens with one attached hydrogen (secondary N) is 1. The molecule has 3 aromatic rings. The van der Waals surface area contributed by atoms with Gasteiger partial charge in [0.15, 0.2) is 0 Å². The zero-order valence-electron chi connectivity index (χ0n) is 16.9. The van der Waals surface area contributed by atoms with Gasteiger partial charge in [-0.1, -0.05) is 29.8 Å². The maximum absolute atomic E-state index is 13.1. The van der Waals surface area contributed by atoms with E-state index in [4.69, 9.17) is 0 Å². The maximum Gasteiger partial charge on any atom is 0.232 e. The number of aromatic amines is 1. The average molecular weight is 391 g/mol. The Labute approximate surface area is 170 Å². The highest BCUT2D eigenvalue weighted by molar-refractivity contribution is 5.91. The molecule has 150 valence electrons. The number of nitrogens with zero attached hydrogens (tertiary/aromatic N) is 2. The number of halogens is 1. The van der Waals surface area contributed by atoms with Crippen LogP contribution in [-0.4, -0.2) is 34.6 Å². The van der Waals surface area contributed by atoms with E-state index in [0.717, 1.165) is 48.2 Å². The molecule has 4 rings (SSSR count). The highest BCUT2D eigenvalue weighted by Gasteiger charge is 2.52. The van der Waals surface area contributed by atoms with Crippen LogP contribution in [0.25, 0.3) is 11.3 Å². The van der Waals surface area contributed by atoms with Crippen molar-refractivity contribution in [1.29, 1.82) is 0 Å². The first-order chi connectivity index (χ1) is 14.0. The first-order valence-electron chi connectivity index (χ1n) is 10.1. The Balaban J connectivity index is 1.33. The molecular weight excluding hydrogens is 365 g/mol. The molecule has 1 aromatic heterocycles. The maximum atomic E-state index is 13.1. The monoisotopic (exact) mass is 391 g/mol. The Morgan fingerprint density at radius 1 is 1.17 bits per heavy atom. The number of rotatable bonds is 7. The van der Waals surface area contributed by atoms with Gasteiger partial charge in [-0.3, -0.25) is 9.89 Å². The Morgan fingerprint density at radius 3 is 2.62 bits per heavy atom. The highest BCUT2D eigenvalue weighted by atomic mass is 19.1. The number of carbonyl (C=O) groups is 1. The molecule has 1 fully saturated rings. The van der Waals surface area contributed by atoms with Gasteiger partial charge in [0.25, 0.3) is 0 Å². The number of hydrogen-bond donors (Lipinski definition) is 1. The van der Waals surface area contributed by atoms with Gasteiger partial charge in [0.2, 0.25) is 5.91 Å². The summed E-state index contributed by atoms with van der Waals surface area (Å²) in [6.45, 7) is 2.77. The third-order valence-corrected chi connectivity index (χ3v) is 5.79. The molecule has 0 radical (unpaired) electrons. The van der Waals surface area contributed by atoms with Crippen LogP contribution in [0.15, 0.2) is 54.6 Å². The minimum Gasteiger partial charge on any atom is -0.345 e. The third kappa shape index (κ3) is 4.09. The molecule has 1 N–H and O–H groups in total. The van der Waals surface area contributed by atoms with Crippen LogP contribution in [0.2, 0.25) is 0 Å². The van der Waals surface area contributed by atoms with E-state index in [9.17, 15) is 9.18 Å². The van der Waals surface area contributed by atoms with Crippen LogP contribution in [0.1, 0.15) is 36.1 Å². The van der Waals surface area contributed by atoms with Crippen molar-refractivity contribution in [3.05, 3.63) is 77.2 Å². The van der Waals surface area contributed by atoms with Crippen molar-refractivity contribution in [3.63, 3.8) is 0 Å². The van der Waals surface area contributed by atoms with E-state index in [1.165, 1.54) is 17.7 Å². The van der Waals surface area contributed by atoms with Crippen LogP contribution in [0.5, 0.6) is 0 Å². The fraction of sp³-hybridized carbons (Fsp3) is 0.333. The second-order valence-electron chi connectivity index (χ2n) is 8.07. The lowest BCUT2D eigenvalue weighted by Crippen LogP contribution is -2.37. The zero-order chi connectivity index (χ0) is 20.4. The predicted molar refractivity (Wildman–Crippen MR) is 112 cm³/mol. The second-order valence-corrected chi connectivity index (χ2v) is 8.07. The summed E-state index contributed by atoms with van der Waals surface area (Å²) in [7, 11) is 1.90. The molecule has 1 saturated carbocycles. The van der Waals surface area contributed by atoms with Crippen LogP contribution >= 0.6 is 0 Å². The molecular formula is C24H26FN3O. The number of aromatic nitrogens is 2. The van der Waals surface area contributed by atoms with Gasteiger partial charge in [0, 0.05) is 24.8 Å². The summed E-state index contributed by atoms with van der Waals surface area (Å²) in [5.74, 6) is -0.0315. The van der Waals surface area contributed by atoms with Crippen molar-refractivity contribution >= 4 is 5.91 Å². The van der Waals surface area contributed by atoms with Gasteiger partial charge in [0.05, 0.1) is 11.1 Å². The molecule has 1 heterocycles. The number of carbonyl (C=O) groups excluding carboxylic acids is 1. The van der Waals surface area contributed by atoms with E-state index in [1.807, 2.05) is 24.1 Å². The van der Waals surface area contributed by atoms with Crippen molar-refractivity contribution in [1.82, 2.24) is 15.1 Å². The SMILES string of the molecule is Cc1cccc(C2(C(=O)N(C)CCCc3cc(-c4ccc(F)cc4)n[nH]3)CC2)c1. The second kappa shape index (κ2) is 7.82. The summed E-state index contributed by atoms with van der Waals surface area (Å²) in [6, 6.07) is 16.6. The zero-order valence-corrected chi connectivity index (χ0v) is 16.9. The fourth-order valence-electron chi connectivity index (χ4n) is 3.93. The largest absolute Gasteiger partial charge is 0.345 e. The highest BCUT2D eigenvalue weighted by Crippen LogP contribution is 2.49. The lowest BCUT2D eigenvalue weighted by molar-refractivity contribution is -0.132. The lowest BCUT2D eigenvalue weighted by Gasteiger charge is -2.24. The molecule has 0 saturated heterocycles. The summed E-state index contributed by atoms with van der Waals surface area (Å²) in [6.07, 6.45) is 3.53. The number of benzene rings is 2. The Kier molecular flexibility index (Phi) is 5.22. The summed E-state index contributed by atoms with van der Waals surface area (Å²) in [5, 5.41) is 7.37. The van der Waals surface area contributed by atoms with Gasteiger partial charge < -0.3 is 4.90 Å². The molecule has 0 unspecified atom stereocenters. The smallest absolute Gasteiger partial charge is 0.232 e. The van der Waals surface area contributed by atoms with Crippen molar-refractivity contribution < 1.29 is 9.18 Å². The number of amides is 1. The van der Waals surface area contributed by atoms with Gasteiger partial charge in [-0.25, -0.2) is 4.39 Å². The van der Waals surface area contributed by atoms with Crippen molar-refractivity contribution in [2.24, 2.45) is 0 Å². The lowest BCUT2D eigenvalue weighted by atomic mass is 9.93. The summed E-state index contributed by atoms with van der Waals surface area (Å²) in [4.78, 5) is 14.9. The Hall–Kier alpha value is -2.95. The number of hydrogen-bond acceptors (Lipinski definition) is 2. The first kappa shape index (κ1) is 19.4. The molecule has 4 nitrogen and oxygen atoms in total. The molecule has 29 heavy (non-hydrogen) atoms. The molecule has 0 aliphatic heterocycles. The van der Waals surface area contributed by atoms with E-state index in [0.29, 0.717) is 6.54 Å². The summed E-state index contributed by atoms with van der Waals surface area (Å²) < 4.78 is 13.1. The fourth-order valence-corrected chi connectivity index (χ4v) is 3.93. The van der Waals surface area contributed by atoms with Crippen molar-refractivity contribution in [2.75, 3.05) is 13.6 Å². The topological polar surface area (TPSA) is 49.0 Å². The van der Waals surface area contributed by atoms with Crippen LogP contribution in [0.3, 0.4) is 0 Å². The molecule has 0 spiro atoms. The van der Waals surface area contributed by atoms with Crippen molar-refractivity contribution in [3.8, 4) is 11.3 Å². The minimum absolute atomic E-state index is 0.222. The van der Waals surface area contributed by atoms with E-state index < -0.39 is 0 Å². The van der Waals surface area contributed by atoms with E-state index in [2.05, 4.69) is 35.3 Å². The first-order valence-corrected chi connectivity index (χ1v) is 10.1. The van der Waals surface area contributed by atoms with Gasteiger partial charge >= 0.3 is 0 Å². The van der Waals surface area contributed by atoms with Crippen LogP contribution in [0, 0.1) is 12.7 Å². The molecule has 1 aliphatic carbocycles. The Morgan fingerprint density at radius 2 is 1.93 bits per heavy atom. The Bertz CT molecular complexity index is 1000. The van der Waals surface area contributed by atoms with E-state index in [-0.39, 0.29) is 17.1 Å². The minimum atomic E-state index is -0.315. The van der Waals surface area contributed by atoms with E-state index in [1.54, 1.807) is 12.1 Å². The van der Waals surface area contributed by atoms with E-state index >= 15 is 0 Å². The third-order valence-electron chi connectivity index (χ3n) is 5.79. The number of aryl methyl sites for hydroxylation is 2. The van der Waals surface area contributed by atoms with Crippen LogP contribution in [0.4, 0.5) is 4.39 Å². The van der Waals surface area contributed by atoms with Gasteiger partial charge in [0.1, 0.15) is 5.82 Å². The number of likely N-dealkylation sites (N-methyl/N-ethyl adjacent to an activating group) is 1. The standard InChI is InChI=1S/C24H26FN3O/c1-17-5-3-6-19(15-17)24(12-13-24)23(29)28(2)14-4-7-21-16-22(27-26-21)18-8-10-20(25)11-9-18/h3,5-6,8-11,15-16H,4,7,12-14H2,1-2H3,(H,26,27). The molecule has 2 aromatic carbocycles. The molecule has 1 amide bonds. The van der Waals surface area contributed by atoms with Crippen LogP contribution < -0.4 is 0 Å². The summed E-state index contributed by atoms with van der Waals surface area (Å²) in [5.41, 5.74) is 4.73. The quantitative estimate of drug-likeness (QED) is 0.637. The van der Waals surface area contributed by atoms with Gasteiger partial charge in [-0.2, -0.15) is 5.10 Å². The van der Waals surface area contributed by atoms with Crippen LogP contribution in [-0.2, 0) is 16.6 Å². The normalized spacial score (nSPS) is 14.6.